The first kappa shape index (κ1) is 12.2. The van der Waals surface area contributed by atoms with Gasteiger partial charge in [-0.15, -0.1) is 0 Å². The molecule has 0 amide bonds. The molecular formula is C12H18FN3O. The smallest absolute Gasteiger partial charge is 0.186 e. The molecule has 0 spiro atoms. The molecule has 1 aliphatic heterocycles. The van der Waals surface area contributed by atoms with Crippen LogP contribution in [0.2, 0.25) is 0 Å². The number of anilines is 1. The van der Waals surface area contributed by atoms with Crippen LogP contribution in [0, 0.1) is 5.82 Å². The van der Waals surface area contributed by atoms with Gasteiger partial charge in [0.2, 0.25) is 0 Å². The summed E-state index contributed by atoms with van der Waals surface area (Å²) < 4.78 is 19.5. The second-order valence-electron chi connectivity index (χ2n) is 4.64. The molecule has 0 aromatic carbocycles. The molecule has 2 unspecified atom stereocenters. The van der Waals surface area contributed by atoms with Gasteiger partial charge in [-0.2, -0.15) is 0 Å². The molecule has 2 rings (SSSR count). The molecule has 94 valence electrons. The third kappa shape index (κ3) is 2.24. The quantitative estimate of drug-likeness (QED) is 0.878. The van der Waals surface area contributed by atoms with E-state index in [1.54, 1.807) is 0 Å². The highest BCUT2D eigenvalue weighted by Gasteiger charge is 2.37. The fourth-order valence-corrected chi connectivity index (χ4v) is 2.01. The van der Waals surface area contributed by atoms with Crippen LogP contribution in [0.4, 0.5) is 10.2 Å². The van der Waals surface area contributed by atoms with Gasteiger partial charge in [0.15, 0.2) is 11.6 Å². The average Bonchev–Trinajstić information content (AvgIpc) is 2.62. The molecule has 1 saturated heterocycles. The molecule has 1 aromatic heterocycles. The SMILES string of the molecule is CCc1ncnc(NC2(C)CCOC2C)c1F. The first-order chi connectivity index (χ1) is 8.07. The summed E-state index contributed by atoms with van der Waals surface area (Å²) in [5.41, 5.74) is 0.179. The molecule has 1 aromatic rings. The standard InChI is InChI=1S/C12H18FN3O/c1-4-9-10(13)11(15-7-14-9)16-12(3)5-6-17-8(12)2/h7-8H,4-6H2,1-3H3,(H,14,15,16). The molecular weight excluding hydrogens is 221 g/mol. The van der Waals surface area contributed by atoms with Crippen LogP contribution in [0.15, 0.2) is 6.33 Å². The predicted molar refractivity (Wildman–Crippen MR) is 63.4 cm³/mol. The molecule has 1 aliphatic rings. The van der Waals surface area contributed by atoms with Crippen molar-refractivity contribution in [3.63, 3.8) is 0 Å². The highest BCUT2D eigenvalue weighted by atomic mass is 19.1. The maximum atomic E-state index is 14.0. The number of hydrogen-bond donors (Lipinski definition) is 1. The Kier molecular flexibility index (Phi) is 3.28. The lowest BCUT2D eigenvalue weighted by atomic mass is 9.94. The lowest BCUT2D eigenvalue weighted by molar-refractivity contribution is 0.105. The van der Waals surface area contributed by atoms with Crippen molar-refractivity contribution in [1.82, 2.24) is 9.97 Å². The minimum Gasteiger partial charge on any atom is -0.376 e. The van der Waals surface area contributed by atoms with Crippen molar-refractivity contribution in [2.75, 3.05) is 11.9 Å². The van der Waals surface area contributed by atoms with Crippen LogP contribution < -0.4 is 5.32 Å². The van der Waals surface area contributed by atoms with E-state index < -0.39 is 0 Å². The number of hydrogen-bond acceptors (Lipinski definition) is 4. The molecule has 0 aliphatic carbocycles. The second-order valence-corrected chi connectivity index (χ2v) is 4.64. The van der Waals surface area contributed by atoms with Crippen molar-refractivity contribution in [1.29, 1.82) is 0 Å². The summed E-state index contributed by atoms with van der Waals surface area (Å²) in [5, 5.41) is 3.16. The van der Waals surface area contributed by atoms with Crippen molar-refractivity contribution < 1.29 is 9.13 Å². The summed E-state index contributed by atoms with van der Waals surface area (Å²) in [7, 11) is 0. The van der Waals surface area contributed by atoms with E-state index in [0.29, 0.717) is 18.7 Å². The summed E-state index contributed by atoms with van der Waals surface area (Å²) in [6.07, 6.45) is 2.85. The molecule has 0 radical (unpaired) electrons. The minimum atomic E-state index is -0.352. The van der Waals surface area contributed by atoms with Gasteiger partial charge in [0.05, 0.1) is 17.3 Å². The van der Waals surface area contributed by atoms with Crippen LogP contribution in [0.25, 0.3) is 0 Å². The summed E-state index contributed by atoms with van der Waals surface area (Å²) in [4.78, 5) is 7.89. The summed E-state index contributed by atoms with van der Waals surface area (Å²) in [6.45, 7) is 6.58. The van der Waals surface area contributed by atoms with Crippen LogP contribution in [0.1, 0.15) is 32.9 Å². The maximum Gasteiger partial charge on any atom is 0.186 e. The Labute approximate surface area is 101 Å². The molecule has 5 heteroatoms. The zero-order chi connectivity index (χ0) is 12.5. The highest BCUT2D eigenvalue weighted by Crippen LogP contribution is 2.29. The van der Waals surface area contributed by atoms with Crippen LogP contribution in [0.3, 0.4) is 0 Å². The van der Waals surface area contributed by atoms with Gasteiger partial charge in [-0.1, -0.05) is 6.92 Å². The number of ether oxygens (including phenoxy) is 1. The molecule has 4 nitrogen and oxygen atoms in total. The largest absolute Gasteiger partial charge is 0.376 e. The van der Waals surface area contributed by atoms with Crippen molar-refractivity contribution in [3.05, 3.63) is 17.8 Å². The first-order valence-electron chi connectivity index (χ1n) is 5.96. The lowest BCUT2D eigenvalue weighted by Gasteiger charge is -2.29. The van der Waals surface area contributed by atoms with E-state index >= 15 is 0 Å². The van der Waals surface area contributed by atoms with E-state index in [-0.39, 0.29) is 23.3 Å². The zero-order valence-electron chi connectivity index (χ0n) is 10.5. The Hall–Kier alpha value is -1.23. The van der Waals surface area contributed by atoms with Crippen LogP contribution in [-0.4, -0.2) is 28.2 Å². The molecule has 2 atom stereocenters. The predicted octanol–water partition coefficient (Wildman–Crippen LogP) is 2.16. The lowest BCUT2D eigenvalue weighted by Crippen LogP contribution is -2.41. The number of aromatic nitrogens is 2. The number of nitrogens with zero attached hydrogens (tertiary/aromatic N) is 2. The van der Waals surface area contributed by atoms with Crippen molar-refractivity contribution >= 4 is 5.82 Å². The van der Waals surface area contributed by atoms with E-state index in [2.05, 4.69) is 15.3 Å². The van der Waals surface area contributed by atoms with Gasteiger partial charge >= 0.3 is 0 Å². The number of aryl methyl sites for hydroxylation is 1. The Balaban J connectivity index is 2.24. The van der Waals surface area contributed by atoms with Gasteiger partial charge in [0.1, 0.15) is 6.33 Å². The van der Waals surface area contributed by atoms with Gasteiger partial charge in [0, 0.05) is 6.61 Å². The number of halogens is 1. The maximum absolute atomic E-state index is 14.0. The molecule has 1 N–H and O–H groups in total. The third-order valence-corrected chi connectivity index (χ3v) is 3.49. The molecule has 17 heavy (non-hydrogen) atoms. The Morgan fingerprint density at radius 3 is 2.94 bits per heavy atom. The van der Waals surface area contributed by atoms with Gasteiger partial charge in [-0.05, 0) is 26.7 Å². The summed E-state index contributed by atoms with van der Waals surface area (Å²) in [5.74, 6) is -0.0768. The summed E-state index contributed by atoms with van der Waals surface area (Å²) >= 11 is 0. The van der Waals surface area contributed by atoms with Gasteiger partial charge in [-0.25, -0.2) is 14.4 Å². The highest BCUT2D eigenvalue weighted by molar-refractivity contribution is 5.41. The van der Waals surface area contributed by atoms with Crippen LogP contribution in [-0.2, 0) is 11.2 Å². The first-order valence-corrected chi connectivity index (χ1v) is 5.96. The molecule has 2 heterocycles. The fraction of sp³-hybridized carbons (Fsp3) is 0.667. The molecule has 0 bridgehead atoms. The van der Waals surface area contributed by atoms with Crippen molar-refractivity contribution in [3.8, 4) is 0 Å². The van der Waals surface area contributed by atoms with E-state index in [4.69, 9.17) is 4.74 Å². The zero-order valence-corrected chi connectivity index (χ0v) is 10.5. The Morgan fingerprint density at radius 2 is 2.35 bits per heavy atom. The van der Waals surface area contributed by atoms with E-state index in [9.17, 15) is 4.39 Å². The molecule has 1 fully saturated rings. The fourth-order valence-electron chi connectivity index (χ4n) is 2.01. The van der Waals surface area contributed by atoms with Gasteiger partial charge in [-0.3, -0.25) is 0 Å². The van der Waals surface area contributed by atoms with Crippen LogP contribution >= 0.6 is 0 Å². The Bertz CT molecular complexity index is 413. The second kappa shape index (κ2) is 4.56. The van der Waals surface area contributed by atoms with Crippen molar-refractivity contribution in [2.45, 2.75) is 45.3 Å². The monoisotopic (exact) mass is 239 g/mol. The van der Waals surface area contributed by atoms with Gasteiger partial charge < -0.3 is 10.1 Å². The van der Waals surface area contributed by atoms with E-state index in [0.717, 1.165) is 6.42 Å². The topological polar surface area (TPSA) is 47.0 Å². The molecule has 0 saturated carbocycles. The minimum absolute atomic E-state index is 0.0435. The van der Waals surface area contributed by atoms with Gasteiger partial charge in [0.25, 0.3) is 0 Å². The average molecular weight is 239 g/mol. The van der Waals surface area contributed by atoms with Crippen LogP contribution in [0.5, 0.6) is 0 Å². The third-order valence-electron chi connectivity index (χ3n) is 3.49. The Morgan fingerprint density at radius 1 is 1.59 bits per heavy atom. The number of rotatable bonds is 3. The van der Waals surface area contributed by atoms with E-state index in [1.165, 1.54) is 6.33 Å². The number of nitrogens with one attached hydrogen (secondary N) is 1. The van der Waals surface area contributed by atoms with E-state index in [1.807, 2.05) is 20.8 Å². The summed E-state index contributed by atoms with van der Waals surface area (Å²) in [6, 6.07) is 0. The normalized spacial score (nSPS) is 28.4. The van der Waals surface area contributed by atoms with Crippen molar-refractivity contribution in [2.24, 2.45) is 0 Å².